The molecule has 0 saturated heterocycles. The van der Waals surface area contributed by atoms with Gasteiger partial charge in [0.2, 0.25) is 0 Å². The standard InChI is InChI=1S/C30H43NO5/c1-9-29(35,10-2)19-36-25-16-14-23(18-21(25)6)30(11-3,12-4)22-13-15-24(20(5)17-22)26(32)31-28(7,8)27(33)34/h13-18,35H,9-12,19H2,1-8H3,(H,31,32)(H,33,34). The van der Waals surface area contributed by atoms with Crippen molar-refractivity contribution in [3.63, 3.8) is 0 Å². The Labute approximate surface area is 216 Å². The van der Waals surface area contributed by atoms with E-state index in [1.54, 1.807) is 6.07 Å². The van der Waals surface area contributed by atoms with Crippen LogP contribution in [0, 0.1) is 13.8 Å². The van der Waals surface area contributed by atoms with Crippen molar-refractivity contribution < 1.29 is 24.5 Å². The van der Waals surface area contributed by atoms with Gasteiger partial charge in [0.1, 0.15) is 17.9 Å². The highest BCUT2D eigenvalue weighted by Gasteiger charge is 2.33. The van der Waals surface area contributed by atoms with Gasteiger partial charge in [0.05, 0.1) is 5.60 Å². The number of rotatable bonds is 12. The van der Waals surface area contributed by atoms with E-state index < -0.39 is 23.0 Å². The minimum absolute atomic E-state index is 0.253. The van der Waals surface area contributed by atoms with E-state index in [4.69, 9.17) is 4.74 Å². The van der Waals surface area contributed by atoms with Crippen LogP contribution in [0.3, 0.4) is 0 Å². The van der Waals surface area contributed by atoms with Crippen LogP contribution < -0.4 is 10.1 Å². The van der Waals surface area contributed by atoms with Crippen molar-refractivity contribution in [3.05, 3.63) is 64.2 Å². The van der Waals surface area contributed by atoms with E-state index >= 15 is 0 Å². The van der Waals surface area contributed by atoms with Gasteiger partial charge in [0.15, 0.2) is 0 Å². The maximum atomic E-state index is 12.8. The summed E-state index contributed by atoms with van der Waals surface area (Å²) in [5.41, 5.74) is 2.12. The number of benzene rings is 2. The number of carboxylic acid groups (broad SMARTS) is 1. The van der Waals surface area contributed by atoms with Crippen molar-refractivity contribution in [1.29, 1.82) is 0 Å². The average Bonchev–Trinajstić information content (AvgIpc) is 2.84. The summed E-state index contributed by atoms with van der Waals surface area (Å²) in [6.45, 7) is 15.4. The minimum atomic E-state index is -1.36. The summed E-state index contributed by atoms with van der Waals surface area (Å²) in [6, 6.07) is 12.0. The third-order valence-electron chi connectivity index (χ3n) is 7.73. The molecule has 0 radical (unpaired) electrons. The molecule has 2 rings (SSSR count). The molecule has 1 amide bonds. The lowest BCUT2D eigenvalue weighted by Gasteiger charge is -2.34. The van der Waals surface area contributed by atoms with E-state index in [1.807, 2.05) is 45.9 Å². The number of aryl methyl sites for hydroxylation is 2. The largest absolute Gasteiger partial charge is 0.490 e. The molecule has 36 heavy (non-hydrogen) atoms. The predicted molar refractivity (Wildman–Crippen MR) is 144 cm³/mol. The van der Waals surface area contributed by atoms with Crippen LogP contribution in [-0.4, -0.2) is 39.8 Å². The quantitative estimate of drug-likeness (QED) is 0.338. The number of aliphatic hydroxyl groups is 1. The Balaban J connectivity index is 2.40. The maximum absolute atomic E-state index is 12.8. The van der Waals surface area contributed by atoms with E-state index in [0.717, 1.165) is 35.3 Å². The van der Waals surface area contributed by atoms with Gasteiger partial charge in [0.25, 0.3) is 5.91 Å². The SMILES string of the molecule is CCC(O)(CC)COc1ccc(C(CC)(CC)c2ccc(C(=O)NC(C)(C)C(=O)O)c(C)c2)cc1C. The van der Waals surface area contributed by atoms with Gasteiger partial charge in [0, 0.05) is 11.0 Å². The number of amides is 1. The second kappa shape index (κ2) is 11.5. The van der Waals surface area contributed by atoms with Gasteiger partial charge in [-0.05, 0) is 87.8 Å². The number of carbonyl (C=O) groups excluding carboxylic acids is 1. The molecule has 0 aliphatic rings. The van der Waals surface area contributed by atoms with Crippen LogP contribution >= 0.6 is 0 Å². The Bertz CT molecular complexity index is 1080. The lowest BCUT2D eigenvalue weighted by Crippen LogP contribution is -2.49. The second-order valence-corrected chi connectivity index (χ2v) is 10.4. The molecule has 6 heteroatoms. The van der Waals surface area contributed by atoms with Gasteiger partial charge in [-0.2, -0.15) is 0 Å². The number of hydrogen-bond acceptors (Lipinski definition) is 4. The van der Waals surface area contributed by atoms with Crippen LogP contribution in [-0.2, 0) is 10.2 Å². The Morgan fingerprint density at radius 2 is 1.39 bits per heavy atom. The topological polar surface area (TPSA) is 95.9 Å². The van der Waals surface area contributed by atoms with Gasteiger partial charge in [-0.1, -0.05) is 52.0 Å². The Morgan fingerprint density at radius 3 is 1.83 bits per heavy atom. The first-order valence-electron chi connectivity index (χ1n) is 12.9. The van der Waals surface area contributed by atoms with Gasteiger partial charge >= 0.3 is 5.97 Å². The van der Waals surface area contributed by atoms with Crippen molar-refractivity contribution in [1.82, 2.24) is 5.32 Å². The fourth-order valence-electron chi connectivity index (χ4n) is 4.63. The summed E-state index contributed by atoms with van der Waals surface area (Å²) in [5.74, 6) is -0.719. The Morgan fingerprint density at radius 1 is 0.861 bits per heavy atom. The third kappa shape index (κ3) is 6.09. The van der Waals surface area contributed by atoms with Gasteiger partial charge in [-0.15, -0.1) is 0 Å². The number of carboxylic acids is 1. The molecule has 6 nitrogen and oxygen atoms in total. The molecule has 3 N–H and O–H groups in total. The van der Waals surface area contributed by atoms with Gasteiger partial charge < -0.3 is 20.3 Å². The molecule has 0 saturated carbocycles. The van der Waals surface area contributed by atoms with Crippen molar-refractivity contribution in [2.75, 3.05) is 6.61 Å². The number of carbonyl (C=O) groups is 2. The zero-order chi connectivity index (χ0) is 27.3. The molecule has 0 unspecified atom stereocenters. The van der Waals surface area contributed by atoms with Crippen molar-refractivity contribution in [2.45, 2.75) is 97.6 Å². The van der Waals surface area contributed by atoms with Crippen molar-refractivity contribution in [3.8, 4) is 5.75 Å². The molecule has 0 aliphatic carbocycles. The molecule has 2 aromatic rings. The summed E-state index contributed by atoms with van der Waals surface area (Å²) in [5, 5.41) is 22.5. The normalized spacial score (nSPS) is 12.4. The number of ether oxygens (including phenoxy) is 1. The number of nitrogens with one attached hydrogen (secondary N) is 1. The molecular formula is C30H43NO5. The molecule has 0 aliphatic heterocycles. The average molecular weight is 498 g/mol. The van der Waals surface area contributed by atoms with Crippen LogP contribution in [0.4, 0.5) is 0 Å². The highest BCUT2D eigenvalue weighted by atomic mass is 16.5. The summed E-state index contributed by atoms with van der Waals surface area (Å²) >= 11 is 0. The van der Waals surface area contributed by atoms with Crippen LogP contribution in [0.15, 0.2) is 36.4 Å². The molecule has 0 fully saturated rings. The summed E-state index contributed by atoms with van der Waals surface area (Å²) in [4.78, 5) is 24.2. The monoisotopic (exact) mass is 497 g/mol. The first-order valence-corrected chi connectivity index (χ1v) is 12.9. The highest BCUT2D eigenvalue weighted by Crippen LogP contribution is 2.41. The van der Waals surface area contributed by atoms with E-state index in [2.05, 4.69) is 31.3 Å². The summed E-state index contributed by atoms with van der Waals surface area (Å²) < 4.78 is 6.01. The first-order chi connectivity index (χ1) is 16.8. The molecule has 0 heterocycles. The number of aliphatic carboxylic acids is 1. The molecule has 0 bridgehead atoms. The maximum Gasteiger partial charge on any atom is 0.328 e. The summed E-state index contributed by atoms with van der Waals surface area (Å²) in [7, 11) is 0. The van der Waals surface area contributed by atoms with E-state index in [0.29, 0.717) is 18.4 Å². The molecule has 0 spiro atoms. The fraction of sp³-hybridized carbons (Fsp3) is 0.533. The number of hydrogen-bond donors (Lipinski definition) is 3. The minimum Gasteiger partial charge on any atom is -0.490 e. The Hall–Kier alpha value is -2.86. The third-order valence-corrected chi connectivity index (χ3v) is 7.73. The predicted octanol–water partition coefficient (Wildman–Crippen LogP) is 5.93. The fourth-order valence-corrected chi connectivity index (χ4v) is 4.63. The lowest BCUT2D eigenvalue weighted by molar-refractivity contribution is -0.143. The van der Waals surface area contributed by atoms with Crippen LogP contribution in [0.1, 0.15) is 99.8 Å². The van der Waals surface area contributed by atoms with E-state index in [1.165, 1.54) is 19.4 Å². The van der Waals surface area contributed by atoms with Crippen LogP contribution in [0.5, 0.6) is 5.75 Å². The zero-order valence-electron chi connectivity index (χ0n) is 23.1. The smallest absolute Gasteiger partial charge is 0.328 e. The summed E-state index contributed by atoms with van der Waals surface area (Å²) in [6.07, 6.45) is 3.00. The van der Waals surface area contributed by atoms with Crippen LogP contribution in [0.25, 0.3) is 0 Å². The van der Waals surface area contributed by atoms with E-state index in [9.17, 15) is 19.8 Å². The van der Waals surface area contributed by atoms with Crippen LogP contribution in [0.2, 0.25) is 0 Å². The highest BCUT2D eigenvalue weighted by molar-refractivity contribution is 5.98. The van der Waals surface area contributed by atoms with Crippen molar-refractivity contribution >= 4 is 11.9 Å². The van der Waals surface area contributed by atoms with Gasteiger partial charge in [-0.3, -0.25) is 4.79 Å². The second-order valence-electron chi connectivity index (χ2n) is 10.4. The van der Waals surface area contributed by atoms with E-state index in [-0.39, 0.29) is 12.0 Å². The van der Waals surface area contributed by atoms with Gasteiger partial charge in [-0.25, -0.2) is 4.79 Å². The molecule has 0 aromatic heterocycles. The molecule has 198 valence electrons. The zero-order valence-corrected chi connectivity index (χ0v) is 23.1. The molecule has 2 aromatic carbocycles. The molecular weight excluding hydrogens is 454 g/mol. The van der Waals surface area contributed by atoms with Crippen molar-refractivity contribution in [2.24, 2.45) is 0 Å². The first kappa shape index (κ1) is 29.4. The Kier molecular flexibility index (Phi) is 9.35. The molecule has 0 atom stereocenters. The lowest BCUT2D eigenvalue weighted by atomic mass is 9.70.